The maximum atomic E-state index is 11.7. The Morgan fingerprint density at radius 1 is 1.40 bits per heavy atom. The van der Waals surface area contributed by atoms with Gasteiger partial charge in [0.1, 0.15) is 11.4 Å². The van der Waals surface area contributed by atoms with E-state index >= 15 is 0 Å². The highest BCUT2D eigenvalue weighted by Crippen LogP contribution is 2.26. The van der Waals surface area contributed by atoms with E-state index in [1.165, 1.54) is 7.11 Å². The number of carbonyl (C=O) groups excluding carboxylic acids is 1. The highest BCUT2D eigenvalue weighted by Gasteiger charge is 2.17. The van der Waals surface area contributed by atoms with Gasteiger partial charge in [0.2, 0.25) is 0 Å². The summed E-state index contributed by atoms with van der Waals surface area (Å²) in [6, 6.07) is 5.25. The van der Waals surface area contributed by atoms with Crippen LogP contribution in [0.15, 0.2) is 18.2 Å². The number of benzene rings is 1. The molecule has 0 aromatic heterocycles. The maximum Gasteiger partial charge on any atom is 0.412 e. The van der Waals surface area contributed by atoms with E-state index in [1.807, 2.05) is 0 Å². The number of amides is 1. The molecule has 1 amide bonds. The molecule has 0 saturated heterocycles. The number of nitrogens with zero attached hydrogens (tertiary/aromatic N) is 1. The van der Waals surface area contributed by atoms with E-state index in [4.69, 9.17) is 9.47 Å². The molecule has 0 bridgehead atoms. The third kappa shape index (κ3) is 5.46. The third-order valence-electron chi connectivity index (χ3n) is 2.31. The molecule has 0 aliphatic rings. The van der Waals surface area contributed by atoms with Gasteiger partial charge in [0.05, 0.1) is 12.8 Å². The molecular weight excluding hydrogens is 260 g/mol. The normalized spacial score (nSPS) is 11.3. The van der Waals surface area contributed by atoms with Crippen molar-refractivity contribution in [1.29, 1.82) is 0 Å². The second-order valence-electron chi connectivity index (χ2n) is 5.48. The zero-order chi connectivity index (χ0) is 15.3. The molecule has 1 rings (SSSR count). The average molecular weight is 282 g/mol. The number of hydroxylamine groups is 2. The van der Waals surface area contributed by atoms with Crippen LogP contribution in [0.5, 0.6) is 5.75 Å². The van der Waals surface area contributed by atoms with Crippen molar-refractivity contribution in [3.8, 4) is 5.75 Å². The second-order valence-corrected chi connectivity index (χ2v) is 5.48. The molecule has 6 nitrogen and oxygen atoms in total. The maximum absolute atomic E-state index is 11.7. The summed E-state index contributed by atoms with van der Waals surface area (Å²) in [7, 11) is 3.07. The highest BCUT2D eigenvalue weighted by molar-refractivity contribution is 5.87. The van der Waals surface area contributed by atoms with Crippen LogP contribution in [0.1, 0.15) is 26.3 Å². The van der Waals surface area contributed by atoms with Gasteiger partial charge in [-0.1, -0.05) is 6.07 Å². The smallest absolute Gasteiger partial charge is 0.412 e. The van der Waals surface area contributed by atoms with Gasteiger partial charge in [-0.15, -0.1) is 0 Å². The highest BCUT2D eigenvalue weighted by atomic mass is 16.6. The number of nitrogens with one attached hydrogen (secondary N) is 1. The summed E-state index contributed by atoms with van der Waals surface area (Å²) in [5.41, 5.74) is 0.823. The van der Waals surface area contributed by atoms with Crippen LogP contribution in [0.3, 0.4) is 0 Å². The van der Waals surface area contributed by atoms with Gasteiger partial charge in [0.25, 0.3) is 0 Å². The minimum Gasteiger partial charge on any atom is -0.495 e. The van der Waals surface area contributed by atoms with Crippen LogP contribution in [-0.2, 0) is 11.3 Å². The Balaban J connectivity index is 2.82. The van der Waals surface area contributed by atoms with Crippen molar-refractivity contribution in [2.75, 3.05) is 19.5 Å². The SMILES string of the molecule is COc1cc(CN(C)O)ccc1NC(=O)OC(C)(C)C. The fourth-order valence-corrected chi connectivity index (χ4v) is 1.62. The average Bonchev–Trinajstić information content (AvgIpc) is 2.27. The predicted octanol–water partition coefficient (Wildman–Crippen LogP) is 2.86. The van der Waals surface area contributed by atoms with E-state index in [0.717, 1.165) is 10.6 Å². The number of carbonyl (C=O) groups is 1. The Morgan fingerprint density at radius 2 is 2.05 bits per heavy atom. The number of anilines is 1. The molecule has 6 heteroatoms. The van der Waals surface area contributed by atoms with Crippen LogP contribution in [-0.4, -0.2) is 36.1 Å². The van der Waals surface area contributed by atoms with Crippen LogP contribution in [0, 0.1) is 0 Å². The largest absolute Gasteiger partial charge is 0.495 e. The van der Waals surface area contributed by atoms with Crippen molar-refractivity contribution < 1.29 is 19.5 Å². The first kappa shape index (κ1) is 16.3. The van der Waals surface area contributed by atoms with Crippen LogP contribution < -0.4 is 10.1 Å². The van der Waals surface area contributed by atoms with Crippen LogP contribution in [0.2, 0.25) is 0 Å². The van der Waals surface area contributed by atoms with Crippen molar-refractivity contribution in [3.05, 3.63) is 23.8 Å². The van der Waals surface area contributed by atoms with Crippen LogP contribution >= 0.6 is 0 Å². The van der Waals surface area contributed by atoms with Gasteiger partial charge in [-0.25, -0.2) is 4.79 Å². The first-order valence-electron chi connectivity index (χ1n) is 6.28. The molecule has 0 spiro atoms. The van der Waals surface area contributed by atoms with E-state index in [-0.39, 0.29) is 0 Å². The summed E-state index contributed by atoms with van der Waals surface area (Å²) in [5, 5.41) is 12.9. The lowest BCUT2D eigenvalue weighted by Gasteiger charge is -2.20. The van der Waals surface area contributed by atoms with Gasteiger partial charge in [-0.05, 0) is 38.5 Å². The first-order valence-corrected chi connectivity index (χ1v) is 6.28. The number of ether oxygens (including phenoxy) is 2. The molecule has 0 aliphatic carbocycles. The van der Waals surface area contributed by atoms with Gasteiger partial charge in [-0.3, -0.25) is 5.32 Å². The molecule has 2 N–H and O–H groups in total. The molecule has 0 heterocycles. The van der Waals surface area contributed by atoms with E-state index in [9.17, 15) is 10.0 Å². The fourth-order valence-electron chi connectivity index (χ4n) is 1.62. The van der Waals surface area contributed by atoms with E-state index < -0.39 is 11.7 Å². The van der Waals surface area contributed by atoms with Crippen molar-refractivity contribution in [1.82, 2.24) is 5.06 Å². The Hall–Kier alpha value is -1.79. The monoisotopic (exact) mass is 282 g/mol. The van der Waals surface area contributed by atoms with Gasteiger partial charge in [-0.2, -0.15) is 5.06 Å². The first-order chi connectivity index (χ1) is 9.21. The standard InChI is InChI=1S/C14H22N2O4/c1-14(2,3)20-13(17)15-11-7-6-10(9-16(4)18)8-12(11)19-5/h6-8,18H,9H2,1-5H3,(H,15,17). The van der Waals surface area contributed by atoms with Gasteiger partial charge in [0.15, 0.2) is 0 Å². The topological polar surface area (TPSA) is 71.0 Å². The summed E-state index contributed by atoms with van der Waals surface area (Å²) < 4.78 is 10.4. The van der Waals surface area contributed by atoms with Crippen molar-refractivity contribution in [2.24, 2.45) is 0 Å². The number of hydrogen-bond acceptors (Lipinski definition) is 5. The minimum atomic E-state index is -0.559. The minimum absolute atomic E-state index is 0.364. The molecular formula is C14H22N2O4. The Kier molecular flexibility index (Phi) is 5.35. The number of hydrogen-bond donors (Lipinski definition) is 2. The van der Waals surface area contributed by atoms with Gasteiger partial charge < -0.3 is 14.7 Å². The summed E-state index contributed by atoms with van der Waals surface area (Å²) in [6.07, 6.45) is -0.539. The Morgan fingerprint density at radius 3 is 2.55 bits per heavy atom. The molecule has 1 aromatic carbocycles. The molecule has 20 heavy (non-hydrogen) atoms. The zero-order valence-corrected chi connectivity index (χ0v) is 12.6. The summed E-state index contributed by atoms with van der Waals surface area (Å²) >= 11 is 0. The summed E-state index contributed by atoms with van der Waals surface area (Å²) in [5.74, 6) is 0.509. The molecule has 0 aliphatic heterocycles. The lowest BCUT2D eigenvalue weighted by atomic mass is 10.2. The number of rotatable bonds is 4. The van der Waals surface area contributed by atoms with E-state index in [2.05, 4.69) is 5.32 Å². The second kappa shape index (κ2) is 6.58. The van der Waals surface area contributed by atoms with Crippen molar-refractivity contribution in [2.45, 2.75) is 32.9 Å². The van der Waals surface area contributed by atoms with Crippen molar-refractivity contribution >= 4 is 11.8 Å². The number of methoxy groups -OCH3 is 1. The van der Waals surface area contributed by atoms with Crippen LogP contribution in [0.25, 0.3) is 0 Å². The van der Waals surface area contributed by atoms with E-state index in [0.29, 0.717) is 18.0 Å². The molecule has 112 valence electrons. The van der Waals surface area contributed by atoms with Gasteiger partial charge >= 0.3 is 6.09 Å². The molecule has 0 radical (unpaired) electrons. The third-order valence-corrected chi connectivity index (χ3v) is 2.31. The van der Waals surface area contributed by atoms with Crippen LogP contribution in [0.4, 0.5) is 10.5 Å². The molecule has 0 saturated carbocycles. The predicted molar refractivity (Wildman–Crippen MR) is 76.1 cm³/mol. The van der Waals surface area contributed by atoms with Crippen molar-refractivity contribution in [3.63, 3.8) is 0 Å². The Labute approximate surface area is 119 Å². The summed E-state index contributed by atoms with van der Waals surface area (Å²) in [4.78, 5) is 11.7. The lowest BCUT2D eigenvalue weighted by Crippen LogP contribution is -2.27. The quantitative estimate of drug-likeness (QED) is 0.831. The summed E-state index contributed by atoms with van der Waals surface area (Å²) in [6.45, 7) is 5.75. The molecule has 0 atom stereocenters. The molecule has 1 aromatic rings. The van der Waals surface area contributed by atoms with Gasteiger partial charge in [0, 0.05) is 13.6 Å². The van der Waals surface area contributed by atoms with E-state index in [1.54, 1.807) is 46.0 Å². The lowest BCUT2D eigenvalue weighted by molar-refractivity contribution is -0.0731. The molecule has 0 unspecified atom stereocenters. The Bertz CT molecular complexity index is 467. The zero-order valence-electron chi connectivity index (χ0n) is 12.6. The fraction of sp³-hybridized carbons (Fsp3) is 0.500. The molecule has 0 fully saturated rings.